The maximum absolute atomic E-state index is 11.2. The third kappa shape index (κ3) is 1.67. The van der Waals surface area contributed by atoms with Crippen LogP contribution in [0.5, 0.6) is 0 Å². The topological polar surface area (TPSA) is 62.5 Å². The number of allylic oxidation sites excluding steroid dienone is 1. The summed E-state index contributed by atoms with van der Waals surface area (Å²) >= 11 is 0. The standard InChI is InChI=1S/C20H17NO3/c21-12-19(22)11-17-15(7-8-20(17)23-9-10-24-20)16-6-5-13-3-1-2-4-14(13)18(16)19/h1-6,22H,7-11H2. The Balaban J connectivity index is 1.83. The van der Waals surface area contributed by atoms with Crippen molar-refractivity contribution in [2.24, 2.45) is 0 Å². The number of nitriles is 1. The normalized spacial score (nSPS) is 27.3. The number of rotatable bonds is 0. The smallest absolute Gasteiger partial charge is 0.191 e. The second-order valence-corrected chi connectivity index (χ2v) is 6.77. The molecule has 0 saturated carbocycles. The van der Waals surface area contributed by atoms with E-state index in [4.69, 9.17) is 9.47 Å². The Morgan fingerprint density at radius 1 is 1.08 bits per heavy atom. The molecule has 1 N–H and O–H groups in total. The fraction of sp³-hybridized carbons (Fsp3) is 0.350. The molecule has 2 aliphatic carbocycles. The van der Waals surface area contributed by atoms with Gasteiger partial charge in [0.2, 0.25) is 0 Å². The second-order valence-electron chi connectivity index (χ2n) is 6.77. The molecule has 0 radical (unpaired) electrons. The van der Waals surface area contributed by atoms with Gasteiger partial charge in [-0.2, -0.15) is 5.26 Å². The Labute approximate surface area is 139 Å². The molecular weight excluding hydrogens is 302 g/mol. The summed E-state index contributed by atoms with van der Waals surface area (Å²) in [6, 6.07) is 14.2. The van der Waals surface area contributed by atoms with E-state index in [9.17, 15) is 10.4 Å². The molecule has 1 heterocycles. The molecule has 5 rings (SSSR count). The van der Waals surface area contributed by atoms with Crippen molar-refractivity contribution in [2.75, 3.05) is 13.2 Å². The second kappa shape index (κ2) is 4.67. The van der Waals surface area contributed by atoms with Crippen LogP contribution in [-0.2, 0) is 15.1 Å². The summed E-state index contributed by atoms with van der Waals surface area (Å²) in [5, 5.41) is 23.0. The highest BCUT2D eigenvalue weighted by Gasteiger charge is 2.52. The maximum atomic E-state index is 11.2. The molecule has 2 aromatic carbocycles. The molecule has 1 atom stereocenters. The summed E-state index contributed by atoms with van der Waals surface area (Å²) < 4.78 is 11.8. The Morgan fingerprint density at radius 3 is 2.67 bits per heavy atom. The third-order valence-electron chi connectivity index (χ3n) is 5.57. The van der Waals surface area contributed by atoms with Gasteiger partial charge in [0.15, 0.2) is 11.4 Å². The van der Waals surface area contributed by atoms with E-state index in [1.165, 1.54) is 5.57 Å². The molecule has 0 amide bonds. The number of hydrogen-bond donors (Lipinski definition) is 1. The van der Waals surface area contributed by atoms with E-state index in [2.05, 4.69) is 12.1 Å². The van der Waals surface area contributed by atoms with Crippen LogP contribution in [0, 0.1) is 11.3 Å². The SMILES string of the molecule is N#CC1(O)CC2=C(CCC23OCCO3)c2ccc3ccccc3c21. The van der Waals surface area contributed by atoms with Gasteiger partial charge in [0.25, 0.3) is 0 Å². The lowest BCUT2D eigenvalue weighted by Crippen LogP contribution is -2.37. The lowest BCUT2D eigenvalue weighted by atomic mass is 9.74. The average molecular weight is 319 g/mol. The molecule has 2 aromatic rings. The molecule has 24 heavy (non-hydrogen) atoms. The van der Waals surface area contributed by atoms with Crippen LogP contribution < -0.4 is 0 Å². The number of fused-ring (bicyclic) bond motifs is 5. The summed E-state index contributed by atoms with van der Waals surface area (Å²) in [4.78, 5) is 0. The van der Waals surface area contributed by atoms with Gasteiger partial charge in [-0.25, -0.2) is 0 Å². The number of nitrogens with zero attached hydrogens (tertiary/aromatic N) is 1. The average Bonchev–Trinajstić information content (AvgIpc) is 3.23. The van der Waals surface area contributed by atoms with E-state index in [1.807, 2.05) is 30.3 Å². The summed E-state index contributed by atoms with van der Waals surface area (Å²) in [6.45, 7) is 1.12. The van der Waals surface area contributed by atoms with Gasteiger partial charge in [-0.05, 0) is 33.9 Å². The van der Waals surface area contributed by atoms with E-state index >= 15 is 0 Å². The van der Waals surface area contributed by atoms with E-state index in [0.717, 1.165) is 40.3 Å². The van der Waals surface area contributed by atoms with Crippen LogP contribution in [-0.4, -0.2) is 24.1 Å². The Bertz CT molecular complexity index is 934. The van der Waals surface area contributed by atoms with Crippen LogP contribution in [0.2, 0.25) is 0 Å². The van der Waals surface area contributed by atoms with Gasteiger partial charge in [-0.1, -0.05) is 36.4 Å². The summed E-state index contributed by atoms with van der Waals surface area (Å²) in [5.41, 5.74) is 2.28. The zero-order valence-corrected chi connectivity index (χ0v) is 13.2. The van der Waals surface area contributed by atoms with Crippen LogP contribution in [0.4, 0.5) is 0 Å². The van der Waals surface area contributed by atoms with Gasteiger partial charge in [0.1, 0.15) is 6.07 Å². The molecule has 4 nitrogen and oxygen atoms in total. The molecule has 1 saturated heterocycles. The molecular formula is C20H17NO3. The van der Waals surface area contributed by atoms with Crippen LogP contribution in [0.3, 0.4) is 0 Å². The zero-order chi connectivity index (χ0) is 16.4. The van der Waals surface area contributed by atoms with Crippen molar-refractivity contribution in [1.82, 2.24) is 0 Å². The minimum absolute atomic E-state index is 0.250. The van der Waals surface area contributed by atoms with Crippen LogP contribution in [0.1, 0.15) is 30.4 Å². The van der Waals surface area contributed by atoms with E-state index < -0.39 is 11.4 Å². The number of ether oxygens (including phenoxy) is 2. The van der Waals surface area contributed by atoms with Gasteiger partial charge in [0.05, 0.1) is 13.2 Å². The minimum Gasteiger partial charge on any atom is -0.371 e. The molecule has 0 bridgehead atoms. The minimum atomic E-state index is -1.55. The van der Waals surface area contributed by atoms with Gasteiger partial charge >= 0.3 is 0 Å². The lowest BCUT2D eigenvalue weighted by Gasteiger charge is -2.35. The first-order valence-corrected chi connectivity index (χ1v) is 8.34. The molecule has 1 fully saturated rings. The molecule has 4 heteroatoms. The molecule has 0 aromatic heterocycles. The summed E-state index contributed by atoms with van der Waals surface area (Å²) in [5.74, 6) is -0.733. The van der Waals surface area contributed by atoms with E-state index in [0.29, 0.717) is 13.2 Å². The van der Waals surface area contributed by atoms with Crippen molar-refractivity contribution in [1.29, 1.82) is 5.26 Å². The molecule has 3 aliphatic rings. The van der Waals surface area contributed by atoms with Crippen molar-refractivity contribution in [3.05, 3.63) is 53.1 Å². The Kier molecular flexibility index (Phi) is 2.76. The van der Waals surface area contributed by atoms with Gasteiger partial charge in [-0.3, -0.25) is 0 Å². The summed E-state index contributed by atoms with van der Waals surface area (Å²) in [6.07, 6.45) is 1.85. The highest BCUT2D eigenvalue weighted by molar-refractivity contribution is 5.94. The first-order chi connectivity index (χ1) is 11.7. The van der Waals surface area contributed by atoms with Crippen molar-refractivity contribution in [3.63, 3.8) is 0 Å². The van der Waals surface area contributed by atoms with Gasteiger partial charge < -0.3 is 14.6 Å². The monoisotopic (exact) mass is 319 g/mol. The van der Waals surface area contributed by atoms with Crippen LogP contribution in [0.25, 0.3) is 16.3 Å². The van der Waals surface area contributed by atoms with Crippen LogP contribution >= 0.6 is 0 Å². The zero-order valence-electron chi connectivity index (χ0n) is 13.2. The fourth-order valence-electron chi connectivity index (χ4n) is 4.54. The first-order valence-electron chi connectivity index (χ1n) is 8.34. The van der Waals surface area contributed by atoms with Crippen molar-refractivity contribution in [3.8, 4) is 6.07 Å². The lowest BCUT2D eigenvalue weighted by molar-refractivity contribution is -0.129. The third-order valence-corrected chi connectivity index (χ3v) is 5.57. The first kappa shape index (κ1) is 14.2. The highest BCUT2D eigenvalue weighted by atomic mass is 16.7. The van der Waals surface area contributed by atoms with Crippen molar-refractivity contribution >= 4 is 16.3 Å². The highest BCUT2D eigenvalue weighted by Crippen LogP contribution is 2.55. The molecule has 1 aliphatic heterocycles. The predicted molar refractivity (Wildman–Crippen MR) is 88.9 cm³/mol. The van der Waals surface area contributed by atoms with Crippen molar-refractivity contribution in [2.45, 2.75) is 30.7 Å². The van der Waals surface area contributed by atoms with E-state index in [-0.39, 0.29) is 6.42 Å². The maximum Gasteiger partial charge on any atom is 0.191 e. The number of aliphatic hydroxyl groups is 1. The fourth-order valence-corrected chi connectivity index (χ4v) is 4.54. The predicted octanol–water partition coefficient (Wildman–Crippen LogP) is 3.25. The number of hydrogen-bond acceptors (Lipinski definition) is 4. The quantitative estimate of drug-likeness (QED) is 0.757. The van der Waals surface area contributed by atoms with E-state index in [1.54, 1.807) is 0 Å². The largest absolute Gasteiger partial charge is 0.371 e. The van der Waals surface area contributed by atoms with Gasteiger partial charge in [-0.15, -0.1) is 0 Å². The van der Waals surface area contributed by atoms with Crippen LogP contribution in [0.15, 0.2) is 42.0 Å². The Morgan fingerprint density at radius 2 is 1.88 bits per heavy atom. The number of benzene rings is 2. The molecule has 1 spiro atoms. The Hall–Kier alpha value is -2.19. The summed E-state index contributed by atoms with van der Waals surface area (Å²) in [7, 11) is 0. The molecule has 120 valence electrons. The van der Waals surface area contributed by atoms with Gasteiger partial charge in [0, 0.05) is 18.4 Å². The van der Waals surface area contributed by atoms with Crippen molar-refractivity contribution < 1.29 is 14.6 Å². The molecule has 1 unspecified atom stereocenters.